The van der Waals surface area contributed by atoms with Gasteiger partial charge in [-0.1, -0.05) is 75.6 Å². The Bertz CT molecular complexity index is 1290. The molecule has 0 aliphatic heterocycles. The van der Waals surface area contributed by atoms with Crippen molar-refractivity contribution >= 4 is 24.2 Å². The number of carbonyl (C=O) groups excluding carboxylic acids is 4. The molecule has 10 heteroatoms. The van der Waals surface area contributed by atoms with Gasteiger partial charge in [-0.15, -0.1) is 0 Å². The average Bonchev–Trinajstić information content (AvgIpc) is 3.51. The van der Waals surface area contributed by atoms with Crippen molar-refractivity contribution in [1.82, 2.24) is 15.7 Å². The Morgan fingerprint density at radius 1 is 0.976 bits per heavy atom. The number of nitrogens with one attached hydrogen (secondary N) is 2. The van der Waals surface area contributed by atoms with E-state index < -0.39 is 23.8 Å². The van der Waals surface area contributed by atoms with Crippen molar-refractivity contribution in [3.63, 3.8) is 0 Å². The SMILES string of the molecule is CCCCCC(C(=O)NCNC(=O)c1ccc(-c2ccc(C(=O)OCCc3ccccc3)cc2)o1)[C@@H](CC)N(O)C=O. The van der Waals surface area contributed by atoms with Crippen LogP contribution in [0.15, 0.2) is 71.1 Å². The van der Waals surface area contributed by atoms with E-state index in [9.17, 15) is 24.4 Å². The number of nitrogens with zero attached hydrogens (tertiary/aromatic N) is 1. The molecular weight excluding hydrogens is 538 g/mol. The van der Waals surface area contributed by atoms with Crippen LogP contribution in [-0.2, 0) is 20.7 Å². The minimum atomic E-state index is -0.662. The number of amides is 3. The Balaban J connectivity index is 1.51. The van der Waals surface area contributed by atoms with Gasteiger partial charge in [0.05, 0.1) is 30.8 Å². The van der Waals surface area contributed by atoms with Gasteiger partial charge in [-0.2, -0.15) is 0 Å². The van der Waals surface area contributed by atoms with Gasteiger partial charge in [0.2, 0.25) is 12.3 Å². The number of benzene rings is 2. The molecule has 0 aliphatic rings. The van der Waals surface area contributed by atoms with Crippen LogP contribution in [0.2, 0.25) is 0 Å². The second kappa shape index (κ2) is 16.7. The predicted octanol–water partition coefficient (Wildman–Crippen LogP) is 4.97. The van der Waals surface area contributed by atoms with Crippen molar-refractivity contribution in [2.24, 2.45) is 5.92 Å². The number of unbranched alkanes of at least 4 members (excludes halogenated alkanes) is 2. The fraction of sp³-hybridized carbons (Fsp3) is 0.375. The maximum Gasteiger partial charge on any atom is 0.338 e. The van der Waals surface area contributed by atoms with Crippen LogP contribution in [0.5, 0.6) is 0 Å². The number of carbonyl (C=O) groups is 4. The Kier molecular flexibility index (Phi) is 12.8. The number of ether oxygens (including phenoxy) is 1. The van der Waals surface area contributed by atoms with Gasteiger partial charge in [0.1, 0.15) is 5.76 Å². The summed E-state index contributed by atoms with van der Waals surface area (Å²) in [6.45, 7) is 3.97. The third-order valence-corrected chi connectivity index (χ3v) is 7.00. The molecule has 3 aromatic rings. The number of furan rings is 1. The van der Waals surface area contributed by atoms with Crippen LogP contribution in [0.3, 0.4) is 0 Å². The maximum absolute atomic E-state index is 12.9. The van der Waals surface area contributed by atoms with Crippen molar-refractivity contribution in [2.45, 2.75) is 58.4 Å². The lowest BCUT2D eigenvalue weighted by Gasteiger charge is -2.29. The highest BCUT2D eigenvalue weighted by Gasteiger charge is 2.30. The number of esters is 1. The largest absolute Gasteiger partial charge is 0.462 e. The molecule has 42 heavy (non-hydrogen) atoms. The number of hydrogen-bond donors (Lipinski definition) is 3. The van der Waals surface area contributed by atoms with Crippen LogP contribution >= 0.6 is 0 Å². The molecule has 1 unspecified atom stereocenters. The highest BCUT2D eigenvalue weighted by atomic mass is 16.5. The fourth-order valence-corrected chi connectivity index (χ4v) is 4.65. The van der Waals surface area contributed by atoms with Gasteiger partial charge in [0, 0.05) is 12.0 Å². The molecule has 3 amide bonds. The summed E-state index contributed by atoms with van der Waals surface area (Å²) in [6.07, 6.45) is 4.50. The minimum absolute atomic E-state index is 0.0528. The van der Waals surface area contributed by atoms with E-state index >= 15 is 0 Å². The first-order chi connectivity index (χ1) is 20.4. The molecule has 3 rings (SSSR count). The van der Waals surface area contributed by atoms with Crippen molar-refractivity contribution in [3.8, 4) is 11.3 Å². The molecule has 3 N–H and O–H groups in total. The summed E-state index contributed by atoms with van der Waals surface area (Å²) in [5.41, 5.74) is 2.17. The van der Waals surface area contributed by atoms with Gasteiger partial charge >= 0.3 is 5.97 Å². The van der Waals surface area contributed by atoms with Gasteiger partial charge in [-0.3, -0.25) is 19.6 Å². The fourth-order valence-electron chi connectivity index (χ4n) is 4.65. The molecule has 0 fully saturated rings. The maximum atomic E-state index is 12.9. The van der Waals surface area contributed by atoms with Crippen LogP contribution in [-0.4, -0.2) is 53.8 Å². The summed E-state index contributed by atoms with van der Waals surface area (Å²) in [5.74, 6) is -1.43. The lowest BCUT2D eigenvalue weighted by molar-refractivity contribution is -0.168. The predicted molar refractivity (Wildman–Crippen MR) is 156 cm³/mol. The quantitative estimate of drug-likeness (QED) is 0.0514. The lowest BCUT2D eigenvalue weighted by atomic mass is 9.90. The zero-order valence-corrected chi connectivity index (χ0v) is 24.1. The summed E-state index contributed by atoms with van der Waals surface area (Å²) in [7, 11) is 0. The summed E-state index contributed by atoms with van der Waals surface area (Å²) in [6, 6.07) is 19.0. The van der Waals surface area contributed by atoms with Gasteiger partial charge < -0.3 is 19.8 Å². The number of hydroxylamine groups is 2. The van der Waals surface area contributed by atoms with Crippen LogP contribution in [0.25, 0.3) is 11.3 Å². The standard InChI is InChI=1S/C32H39N3O7/c1-3-5-7-12-26(27(4-2)35(40)22-36)30(37)33-21-34-31(38)29-18-17-28(42-29)24-13-15-25(16-14-24)32(39)41-20-19-23-10-8-6-9-11-23/h6,8-11,13-18,22,26-27,40H,3-5,7,12,19-21H2,1-2H3,(H,33,37)(H,34,38)/t26?,27-/m1/s1. The molecule has 0 bridgehead atoms. The smallest absolute Gasteiger partial charge is 0.338 e. The van der Waals surface area contributed by atoms with Crippen LogP contribution in [0.1, 0.15) is 72.4 Å². The van der Waals surface area contributed by atoms with E-state index in [1.807, 2.05) is 37.3 Å². The molecule has 0 saturated carbocycles. The number of hydrogen-bond acceptors (Lipinski definition) is 7. The van der Waals surface area contributed by atoms with E-state index in [0.29, 0.717) is 47.6 Å². The molecule has 2 atom stereocenters. The van der Waals surface area contributed by atoms with E-state index in [4.69, 9.17) is 9.15 Å². The molecule has 224 valence electrons. The summed E-state index contributed by atoms with van der Waals surface area (Å²) in [5, 5.41) is 15.8. The molecule has 0 spiro atoms. The van der Waals surface area contributed by atoms with Gasteiger partial charge in [-0.05, 0) is 42.7 Å². The van der Waals surface area contributed by atoms with Crippen molar-refractivity contribution < 1.29 is 33.5 Å². The summed E-state index contributed by atoms with van der Waals surface area (Å²) in [4.78, 5) is 49.0. The number of rotatable bonds is 17. The van der Waals surface area contributed by atoms with Crippen molar-refractivity contribution in [3.05, 3.63) is 83.6 Å². The molecule has 10 nitrogen and oxygen atoms in total. The van der Waals surface area contributed by atoms with Crippen LogP contribution in [0, 0.1) is 5.92 Å². The van der Waals surface area contributed by atoms with Gasteiger partial charge in [0.25, 0.3) is 5.91 Å². The second-order valence-corrected chi connectivity index (χ2v) is 9.90. The van der Waals surface area contributed by atoms with Crippen LogP contribution < -0.4 is 10.6 Å². The highest BCUT2D eigenvalue weighted by molar-refractivity contribution is 5.92. The molecule has 1 heterocycles. The van der Waals surface area contributed by atoms with Crippen LogP contribution in [0.4, 0.5) is 0 Å². The zero-order chi connectivity index (χ0) is 30.3. The Hall–Kier alpha value is -4.44. The molecule has 0 radical (unpaired) electrons. The Morgan fingerprint density at radius 2 is 1.71 bits per heavy atom. The van der Waals surface area contributed by atoms with E-state index in [1.165, 1.54) is 6.07 Å². The van der Waals surface area contributed by atoms with E-state index in [-0.39, 0.29) is 24.9 Å². The molecule has 0 aliphatic carbocycles. The average molecular weight is 578 g/mol. The van der Waals surface area contributed by atoms with Gasteiger partial charge in [-0.25, -0.2) is 9.86 Å². The third-order valence-electron chi connectivity index (χ3n) is 7.00. The van der Waals surface area contributed by atoms with Gasteiger partial charge in [0.15, 0.2) is 5.76 Å². The topological polar surface area (TPSA) is 138 Å². The molecule has 2 aromatic carbocycles. The first-order valence-corrected chi connectivity index (χ1v) is 14.3. The third kappa shape index (κ3) is 9.31. The normalized spacial score (nSPS) is 12.2. The van der Waals surface area contributed by atoms with E-state index in [2.05, 4.69) is 10.6 Å². The second-order valence-electron chi connectivity index (χ2n) is 9.90. The van der Waals surface area contributed by atoms with Crippen molar-refractivity contribution in [2.75, 3.05) is 13.3 Å². The molecule has 0 saturated heterocycles. The molecular formula is C32H39N3O7. The van der Waals surface area contributed by atoms with E-state index in [0.717, 1.165) is 24.8 Å². The summed E-state index contributed by atoms with van der Waals surface area (Å²) >= 11 is 0. The zero-order valence-electron chi connectivity index (χ0n) is 24.1. The van der Waals surface area contributed by atoms with E-state index in [1.54, 1.807) is 37.3 Å². The van der Waals surface area contributed by atoms with Crippen molar-refractivity contribution in [1.29, 1.82) is 0 Å². The highest BCUT2D eigenvalue weighted by Crippen LogP contribution is 2.23. The first-order valence-electron chi connectivity index (χ1n) is 14.3. The first kappa shape index (κ1) is 32.1. The monoisotopic (exact) mass is 577 g/mol. The minimum Gasteiger partial charge on any atom is -0.462 e. The lowest BCUT2D eigenvalue weighted by Crippen LogP contribution is -2.47. The Labute approximate surface area is 246 Å². The Morgan fingerprint density at radius 3 is 2.38 bits per heavy atom. The summed E-state index contributed by atoms with van der Waals surface area (Å²) < 4.78 is 11.1. The molecule has 1 aromatic heterocycles.